The van der Waals surface area contributed by atoms with Crippen molar-refractivity contribution in [1.29, 1.82) is 0 Å². The van der Waals surface area contributed by atoms with Crippen molar-refractivity contribution in [1.82, 2.24) is 4.90 Å². The summed E-state index contributed by atoms with van der Waals surface area (Å²) < 4.78 is 33.9. The SMILES string of the molecule is COc1ccc2c3c1O[C@H]1C(OC(=O)CCC(=O)OC(CC(=O)OC(C)(C)C)C(=O)OC(C)(C)C)=CC[C@@]4(O)[C@@H](C2)N(C)CC[C@]314. The third-order valence-corrected chi connectivity index (χ3v) is 9.04. The second-order valence-electron chi connectivity index (χ2n) is 14.6. The molecule has 2 aliphatic carbocycles. The largest absolute Gasteiger partial charge is 0.493 e. The number of esters is 4. The molecule has 12 heteroatoms. The molecule has 1 spiro atoms. The van der Waals surface area contributed by atoms with Gasteiger partial charge in [-0.3, -0.25) is 14.4 Å². The smallest absolute Gasteiger partial charge is 0.348 e. The molecule has 12 nitrogen and oxygen atoms in total. The van der Waals surface area contributed by atoms with Gasteiger partial charge >= 0.3 is 23.9 Å². The summed E-state index contributed by atoms with van der Waals surface area (Å²) in [7, 11) is 3.57. The lowest BCUT2D eigenvalue weighted by Crippen LogP contribution is -2.74. The number of carbonyl (C=O) groups is 4. The first-order valence-electron chi connectivity index (χ1n) is 15.7. The summed E-state index contributed by atoms with van der Waals surface area (Å²) in [4.78, 5) is 53.3. The van der Waals surface area contributed by atoms with Gasteiger partial charge in [-0.05, 0) is 85.7 Å². The Morgan fingerprint density at radius 3 is 2.35 bits per heavy atom. The highest BCUT2D eigenvalue weighted by atomic mass is 16.6. The van der Waals surface area contributed by atoms with Crippen molar-refractivity contribution in [2.45, 2.75) is 121 Å². The van der Waals surface area contributed by atoms with Gasteiger partial charge in [-0.15, -0.1) is 0 Å². The van der Waals surface area contributed by atoms with Gasteiger partial charge in [0.2, 0.25) is 6.10 Å². The lowest BCUT2D eigenvalue weighted by atomic mass is 9.50. The number of carbonyl (C=O) groups excluding carboxylic acids is 4. The van der Waals surface area contributed by atoms with Crippen molar-refractivity contribution in [2.75, 3.05) is 20.7 Å². The summed E-state index contributed by atoms with van der Waals surface area (Å²) in [6.07, 6.45) is -0.436. The van der Waals surface area contributed by atoms with Crippen LogP contribution in [0.25, 0.3) is 0 Å². The van der Waals surface area contributed by atoms with Gasteiger partial charge in [0.05, 0.1) is 37.4 Å². The zero-order valence-electron chi connectivity index (χ0n) is 27.9. The van der Waals surface area contributed by atoms with Crippen LogP contribution in [0.3, 0.4) is 0 Å². The summed E-state index contributed by atoms with van der Waals surface area (Å²) >= 11 is 0. The number of nitrogens with zero attached hydrogens (tertiary/aromatic N) is 1. The summed E-state index contributed by atoms with van der Waals surface area (Å²) in [5, 5.41) is 12.3. The van der Waals surface area contributed by atoms with Crippen molar-refractivity contribution >= 4 is 23.9 Å². The van der Waals surface area contributed by atoms with Gasteiger partial charge in [0.15, 0.2) is 17.6 Å². The topological polar surface area (TPSA) is 147 Å². The Morgan fingerprint density at radius 1 is 1.02 bits per heavy atom. The number of hydrogen-bond acceptors (Lipinski definition) is 12. The Hall–Kier alpha value is -3.64. The van der Waals surface area contributed by atoms with E-state index in [1.165, 1.54) is 0 Å². The Morgan fingerprint density at radius 2 is 1.70 bits per heavy atom. The highest BCUT2D eigenvalue weighted by Gasteiger charge is 2.72. The molecule has 2 bridgehead atoms. The molecule has 4 aliphatic rings. The Balaban J connectivity index is 1.28. The standard InChI is InChI=1S/C34H45NO11/c1-31(2,3)45-26(38)18-22(30(39)46-32(4,5)6)43-25(37)12-11-24(36)42-21-13-14-34(40)23-17-19-9-10-20(41-8)28-27(19)33(34,29(21)44-28)15-16-35(23)7/h9-10,13,22-23,29,40H,11-12,14-18H2,1-8H3/t22?,23-,29+,33+,34-/m1/s1. The van der Waals surface area contributed by atoms with Gasteiger partial charge in [0.25, 0.3) is 0 Å². The number of likely N-dealkylation sites (tertiary alicyclic amines) is 1. The third-order valence-electron chi connectivity index (χ3n) is 9.04. The van der Waals surface area contributed by atoms with E-state index in [9.17, 15) is 24.3 Å². The van der Waals surface area contributed by atoms with Crippen molar-refractivity contribution in [3.05, 3.63) is 35.1 Å². The maximum absolute atomic E-state index is 13.1. The molecule has 2 heterocycles. The first-order valence-corrected chi connectivity index (χ1v) is 15.7. The molecular weight excluding hydrogens is 598 g/mol. The third kappa shape index (κ3) is 6.09. The normalized spacial score (nSPS) is 26.9. The number of benzene rings is 1. The number of ether oxygens (including phenoxy) is 6. The molecule has 0 amide bonds. The highest BCUT2D eigenvalue weighted by molar-refractivity contribution is 5.85. The second-order valence-corrected chi connectivity index (χ2v) is 14.6. The van der Waals surface area contributed by atoms with Crippen LogP contribution in [-0.2, 0) is 50.0 Å². The van der Waals surface area contributed by atoms with Gasteiger partial charge < -0.3 is 38.4 Å². The number of hydrogen-bond donors (Lipinski definition) is 1. The summed E-state index contributed by atoms with van der Waals surface area (Å²) in [6.45, 7) is 10.7. The minimum atomic E-state index is -1.55. The van der Waals surface area contributed by atoms with Crippen LogP contribution in [0.5, 0.6) is 11.5 Å². The van der Waals surface area contributed by atoms with Gasteiger partial charge in [0.1, 0.15) is 17.0 Å². The molecule has 0 saturated carbocycles. The van der Waals surface area contributed by atoms with Crippen LogP contribution >= 0.6 is 0 Å². The number of likely N-dealkylation sites (N-methyl/N-ethyl adjacent to an activating group) is 1. The highest BCUT2D eigenvalue weighted by Crippen LogP contribution is 2.65. The molecule has 1 N–H and O–H groups in total. The van der Waals surface area contributed by atoms with E-state index in [-0.39, 0.29) is 24.6 Å². The average molecular weight is 644 g/mol. The summed E-state index contributed by atoms with van der Waals surface area (Å²) in [5.41, 5.74) is -1.71. The first-order chi connectivity index (χ1) is 21.4. The average Bonchev–Trinajstić information content (AvgIpc) is 3.29. The molecule has 5 rings (SSSR count). The quantitative estimate of drug-likeness (QED) is 0.311. The van der Waals surface area contributed by atoms with E-state index >= 15 is 0 Å². The predicted octanol–water partition coefficient (Wildman–Crippen LogP) is 3.28. The van der Waals surface area contributed by atoms with Crippen molar-refractivity contribution in [3.63, 3.8) is 0 Å². The fraction of sp³-hybridized carbons (Fsp3) is 0.647. The van der Waals surface area contributed by atoms with Crippen LogP contribution in [0, 0.1) is 0 Å². The molecule has 1 unspecified atom stereocenters. The van der Waals surface area contributed by atoms with E-state index in [1.807, 2.05) is 19.2 Å². The summed E-state index contributed by atoms with van der Waals surface area (Å²) in [5.74, 6) is -1.86. The monoisotopic (exact) mass is 643 g/mol. The van der Waals surface area contributed by atoms with E-state index in [1.54, 1.807) is 54.7 Å². The number of aliphatic hydroxyl groups is 1. The molecule has 1 fully saturated rings. The van der Waals surface area contributed by atoms with Gasteiger partial charge in [-0.25, -0.2) is 4.79 Å². The molecule has 1 aromatic carbocycles. The zero-order chi connectivity index (χ0) is 33.8. The van der Waals surface area contributed by atoms with Crippen LogP contribution in [-0.4, -0.2) is 89.6 Å². The van der Waals surface area contributed by atoms with Crippen molar-refractivity contribution in [2.24, 2.45) is 0 Å². The Labute approximate surface area is 269 Å². The Kier molecular flexibility index (Phi) is 8.70. The fourth-order valence-electron chi connectivity index (χ4n) is 7.27. The van der Waals surface area contributed by atoms with Crippen molar-refractivity contribution < 1.29 is 52.7 Å². The second kappa shape index (κ2) is 11.9. The van der Waals surface area contributed by atoms with Gasteiger partial charge in [0, 0.05) is 18.0 Å². The van der Waals surface area contributed by atoms with Gasteiger partial charge in [-0.1, -0.05) is 6.07 Å². The molecule has 5 atom stereocenters. The molecule has 0 aromatic heterocycles. The molecule has 46 heavy (non-hydrogen) atoms. The van der Waals surface area contributed by atoms with E-state index in [4.69, 9.17) is 28.4 Å². The predicted molar refractivity (Wildman–Crippen MR) is 163 cm³/mol. The molecule has 1 aromatic rings. The van der Waals surface area contributed by atoms with E-state index in [2.05, 4.69) is 4.90 Å². The van der Waals surface area contributed by atoms with Gasteiger partial charge in [-0.2, -0.15) is 0 Å². The van der Waals surface area contributed by atoms with Crippen LogP contribution in [0.15, 0.2) is 24.0 Å². The lowest BCUT2D eigenvalue weighted by Gasteiger charge is -2.61. The molecule has 0 radical (unpaired) electrons. The number of rotatable bonds is 9. The van der Waals surface area contributed by atoms with E-state index < -0.39 is 71.1 Å². The first kappa shape index (κ1) is 33.7. The zero-order valence-corrected chi connectivity index (χ0v) is 27.9. The molecule has 252 valence electrons. The molecule has 2 aliphatic heterocycles. The van der Waals surface area contributed by atoms with E-state index in [0.717, 1.165) is 17.7 Å². The minimum absolute atomic E-state index is 0.152. The lowest BCUT2D eigenvalue weighted by molar-refractivity contribution is -0.181. The molecular formula is C34H45NO11. The summed E-state index contributed by atoms with van der Waals surface area (Å²) in [6, 6.07) is 3.72. The number of piperidine rings is 1. The van der Waals surface area contributed by atoms with Crippen molar-refractivity contribution in [3.8, 4) is 11.5 Å². The maximum atomic E-state index is 13.1. The Bertz CT molecular complexity index is 1450. The van der Waals surface area contributed by atoms with Crippen LogP contribution < -0.4 is 9.47 Å². The number of methoxy groups -OCH3 is 1. The molecule has 1 saturated heterocycles. The van der Waals surface area contributed by atoms with E-state index in [0.29, 0.717) is 24.3 Å². The van der Waals surface area contributed by atoms with Crippen LogP contribution in [0.4, 0.5) is 0 Å². The maximum Gasteiger partial charge on any atom is 0.348 e. The van der Waals surface area contributed by atoms with Crippen LogP contribution in [0.1, 0.15) is 84.8 Å². The minimum Gasteiger partial charge on any atom is -0.493 e. The fourth-order valence-corrected chi connectivity index (χ4v) is 7.27. The van der Waals surface area contributed by atoms with Crippen LogP contribution in [0.2, 0.25) is 0 Å².